The van der Waals surface area contributed by atoms with Gasteiger partial charge < -0.3 is 25.5 Å². The van der Waals surface area contributed by atoms with E-state index in [9.17, 15) is 24.3 Å². The van der Waals surface area contributed by atoms with E-state index < -0.39 is 17.9 Å². The van der Waals surface area contributed by atoms with Crippen molar-refractivity contribution in [2.75, 3.05) is 26.2 Å². The highest BCUT2D eigenvalue weighted by atomic mass is 16.4. The van der Waals surface area contributed by atoms with Crippen LogP contribution in [0.1, 0.15) is 134 Å². The predicted octanol–water partition coefficient (Wildman–Crippen LogP) is 8.79. The first-order chi connectivity index (χ1) is 25.5. The summed E-state index contributed by atoms with van der Waals surface area (Å²) in [6, 6.07) is 7.45. The first kappa shape index (κ1) is 41.7. The molecule has 4 fully saturated rings. The second-order valence-corrected chi connectivity index (χ2v) is 18.3. The summed E-state index contributed by atoms with van der Waals surface area (Å²) >= 11 is 0. The summed E-state index contributed by atoms with van der Waals surface area (Å²) in [7, 11) is 0. The Morgan fingerprint density at radius 1 is 0.815 bits per heavy atom. The normalized spacial score (nSPS) is 33.4. The molecule has 8 atom stereocenters. The van der Waals surface area contributed by atoms with Crippen LogP contribution in [0, 0.1) is 51.2 Å². The van der Waals surface area contributed by atoms with E-state index >= 15 is 0 Å². The number of carboxylic acids is 3. The van der Waals surface area contributed by atoms with Crippen molar-refractivity contribution in [3.63, 3.8) is 0 Å². The van der Waals surface area contributed by atoms with Crippen LogP contribution in [0.2, 0.25) is 0 Å². The fourth-order valence-corrected chi connectivity index (χ4v) is 13.0. The number of rotatable bonds is 13. The van der Waals surface area contributed by atoms with Crippen molar-refractivity contribution in [1.29, 1.82) is 0 Å². The van der Waals surface area contributed by atoms with Crippen LogP contribution >= 0.6 is 0 Å². The number of hydrogen-bond donors (Lipinski definition) is 4. The van der Waals surface area contributed by atoms with Gasteiger partial charge in [0.25, 0.3) is 0 Å². The molecule has 0 aliphatic heterocycles. The number of carbonyl (C=O) groups excluding carboxylic acids is 1. The van der Waals surface area contributed by atoms with Crippen molar-refractivity contribution in [2.24, 2.45) is 51.2 Å². The van der Waals surface area contributed by atoms with Gasteiger partial charge in [-0.15, -0.1) is 6.58 Å². The molecule has 4 saturated carbocycles. The zero-order valence-corrected chi connectivity index (χ0v) is 33.5. The van der Waals surface area contributed by atoms with Gasteiger partial charge in [-0.05, 0) is 147 Å². The Kier molecular flexibility index (Phi) is 12.9. The minimum absolute atomic E-state index is 0.0231. The van der Waals surface area contributed by atoms with E-state index in [2.05, 4.69) is 45.7 Å². The smallest absolute Gasteiger partial charge is 0.335 e. The topological polar surface area (TPSA) is 144 Å². The first-order valence-corrected chi connectivity index (χ1v) is 20.6. The van der Waals surface area contributed by atoms with Crippen LogP contribution in [0.4, 0.5) is 0 Å². The highest BCUT2D eigenvalue weighted by molar-refractivity contribution is 5.88. The molecule has 1 aromatic carbocycles. The third-order valence-corrected chi connectivity index (χ3v) is 15.2. The molecule has 0 heterocycles. The average Bonchev–Trinajstić information content (AvgIpc) is 3.57. The summed E-state index contributed by atoms with van der Waals surface area (Å²) in [6.45, 7) is 17.0. The summed E-state index contributed by atoms with van der Waals surface area (Å²) in [5, 5.41) is 31.0. The zero-order valence-electron chi connectivity index (χ0n) is 33.5. The lowest BCUT2D eigenvalue weighted by Gasteiger charge is -2.68. The van der Waals surface area contributed by atoms with E-state index in [-0.39, 0.29) is 40.4 Å². The Bertz CT molecular complexity index is 1570. The van der Waals surface area contributed by atoms with E-state index in [1.54, 1.807) is 18.2 Å². The molecule has 1 amide bonds. The molecule has 1 aromatic rings. The van der Waals surface area contributed by atoms with Crippen molar-refractivity contribution in [2.45, 2.75) is 118 Å². The quantitative estimate of drug-likeness (QED) is 0.116. The summed E-state index contributed by atoms with van der Waals surface area (Å²) in [5.74, 6) is 0.321. The molecule has 4 N–H and O–H groups in total. The molecular formula is C45H66N2O7. The molecule has 5 aliphatic carbocycles. The number of carboxylic acid groups (broad SMARTS) is 3. The molecule has 0 saturated heterocycles. The third-order valence-electron chi connectivity index (χ3n) is 15.2. The Morgan fingerprint density at radius 3 is 2.07 bits per heavy atom. The standard InChI is InChI=1S/C42H60N2O7.C3H6/c1-39(2)30(27-8-10-28(11-9-27)37(49)50)14-20-41(4)33(39)16-21-40(3)31-15-22-42(19-5-7-32(42)29(31)12-13-34(40)41)38(51)43-23-6-24-44(25-17-35(45)46)26-18-36(47)48;1-3-2/h8-11,14,29,31-34H,5-7,12-13,15-26H2,1-4H3,(H,43,51)(H,45,46)(H,47,48)(H,49,50);3H,1H2,2H3. The van der Waals surface area contributed by atoms with Crippen LogP contribution in [0.5, 0.6) is 0 Å². The second kappa shape index (κ2) is 16.7. The van der Waals surface area contributed by atoms with Crippen LogP contribution in [0.3, 0.4) is 0 Å². The number of amides is 1. The second-order valence-electron chi connectivity index (χ2n) is 18.3. The number of nitrogens with zero attached hydrogens (tertiary/aromatic N) is 1. The monoisotopic (exact) mass is 746 g/mol. The molecule has 298 valence electrons. The highest BCUT2D eigenvalue weighted by Gasteiger charge is 2.66. The van der Waals surface area contributed by atoms with E-state index in [4.69, 9.17) is 10.2 Å². The Labute approximate surface area is 323 Å². The van der Waals surface area contributed by atoms with Crippen molar-refractivity contribution in [1.82, 2.24) is 10.2 Å². The number of benzene rings is 1. The molecule has 0 spiro atoms. The van der Waals surface area contributed by atoms with Gasteiger partial charge in [-0.1, -0.05) is 58.4 Å². The largest absolute Gasteiger partial charge is 0.481 e. The summed E-state index contributed by atoms with van der Waals surface area (Å²) in [5.41, 5.74) is 2.94. The van der Waals surface area contributed by atoms with Gasteiger partial charge in [0.2, 0.25) is 5.91 Å². The van der Waals surface area contributed by atoms with Crippen molar-refractivity contribution < 1.29 is 34.5 Å². The fourth-order valence-electron chi connectivity index (χ4n) is 13.0. The van der Waals surface area contributed by atoms with Gasteiger partial charge in [0.15, 0.2) is 0 Å². The number of hydrogen-bond acceptors (Lipinski definition) is 5. The van der Waals surface area contributed by atoms with E-state index in [1.807, 2.05) is 24.0 Å². The summed E-state index contributed by atoms with van der Waals surface area (Å²) < 4.78 is 0. The van der Waals surface area contributed by atoms with Crippen LogP contribution in [0.15, 0.2) is 43.0 Å². The summed E-state index contributed by atoms with van der Waals surface area (Å²) in [4.78, 5) is 49.7. The van der Waals surface area contributed by atoms with Gasteiger partial charge in [-0.25, -0.2) is 4.79 Å². The van der Waals surface area contributed by atoms with Crippen molar-refractivity contribution in [3.8, 4) is 0 Å². The molecular weight excluding hydrogens is 681 g/mol. The van der Waals surface area contributed by atoms with E-state index in [1.165, 1.54) is 31.3 Å². The lowest BCUT2D eigenvalue weighted by molar-refractivity contribution is -0.181. The number of fused-ring (bicyclic) bond motifs is 7. The van der Waals surface area contributed by atoms with Crippen LogP contribution in [-0.2, 0) is 14.4 Å². The van der Waals surface area contributed by atoms with Crippen LogP contribution < -0.4 is 5.32 Å². The first-order valence-electron chi connectivity index (χ1n) is 20.6. The maximum atomic E-state index is 14.1. The lowest BCUT2D eigenvalue weighted by Crippen LogP contribution is -2.62. The maximum Gasteiger partial charge on any atom is 0.335 e. The van der Waals surface area contributed by atoms with Crippen LogP contribution in [-0.4, -0.2) is 70.2 Å². The number of allylic oxidation sites excluding steroid dienone is 3. The molecule has 0 aromatic heterocycles. The van der Waals surface area contributed by atoms with Gasteiger partial charge >= 0.3 is 17.9 Å². The molecule has 9 heteroatoms. The van der Waals surface area contributed by atoms with E-state index in [0.717, 1.165) is 44.1 Å². The minimum Gasteiger partial charge on any atom is -0.481 e. The Hall–Kier alpha value is -3.46. The van der Waals surface area contributed by atoms with Gasteiger partial charge in [0, 0.05) is 19.6 Å². The minimum atomic E-state index is -0.897. The van der Waals surface area contributed by atoms with Gasteiger partial charge in [0.1, 0.15) is 0 Å². The molecule has 54 heavy (non-hydrogen) atoms. The number of carbonyl (C=O) groups is 4. The highest BCUT2D eigenvalue weighted by Crippen LogP contribution is 2.73. The van der Waals surface area contributed by atoms with Gasteiger partial charge in [0.05, 0.1) is 23.8 Å². The van der Waals surface area contributed by atoms with Gasteiger partial charge in [-0.3, -0.25) is 14.4 Å². The fraction of sp³-hybridized carbons (Fsp3) is 0.689. The lowest BCUT2D eigenvalue weighted by atomic mass is 9.36. The predicted molar refractivity (Wildman–Crippen MR) is 212 cm³/mol. The molecule has 5 aliphatic rings. The summed E-state index contributed by atoms with van der Waals surface area (Å²) in [6.07, 6.45) is 16.0. The SMILES string of the molecule is C=CC.CC1(C)C(c2ccc(C(=O)O)cc2)=CCC2(C)C1CCC1(C)C3CCC4(C(=O)NCCCN(CCC(=O)O)CCC(=O)O)CCCC4C3CCC12. The molecule has 8 unspecified atom stereocenters. The molecule has 9 nitrogen and oxygen atoms in total. The average molecular weight is 747 g/mol. The van der Waals surface area contributed by atoms with Gasteiger partial charge in [-0.2, -0.15) is 0 Å². The molecule has 0 radical (unpaired) electrons. The number of aromatic carboxylic acids is 1. The molecule has 6 rings (SSSR count). The van der Waals surface area contributed by atoms with Crippen LogP contribution in [0.25, 0.3) is 5.57 Å². The van der Waals surface area contributed by atoms with Crippen molar-refractivity contribution in [3.05, 3.63) is 54.1 Å². The number of nitrogens with one attached hydrogen (secondary N) is 1. The van der Waals surface area contributed by atoms with E-state index in [0.29, 0.717) is 67.8 Å². The zero-order chi connectivity index (χ0) is 39.5. The Balaban J connectivity index is 0.00000181. The maximum absolute atomic E-state index is 14.1. The number of aliphatic carboxylic acids is 2. The van der Waals surface area contributed by atoms with Crippen molar-refractivity contribution >= 4 is 29.4 Å². The molecule has 0 bridgehead atoms. The Morgan fingerprint density at radius 2 is 1.46 bits per heavy atom. The third kappa shape index (κ3) is 7.94.